The molecule has 0 radical (unpaired) electrons. The van der Waals surface area contributed by atoms with Gasteiger partial charge in [-0.3, -0.25) is 9.59 Å². The highest BCUT2D eigenvalue weighted by atomic mass is 35.5. The maximum Gasteiger partial charge on any atom is 0.218 e. The Morgan fingerprint density at radius 3 is 2.25 bits per heavy atom. The number of rotatable bonds is 2. The lowest BCUT2D eigenvalue weighted by molar-refractivity contribution is -0.124. The minimum absolute atomic E-state index is 0.0976. The van der Waals surface area contributed by atoms with Gasteiger partial charge in [0.15, 0.2) is 17.1 Å². The van der Waals surface area contributed by atoms with Crippen LogP contribution in [0.4, 0.5) is 0 Å². The first kappa shape index (κ1) is 19.3. The lowest BCUT2D eigenvalue weighted by atomic mass is 9.41. The summed E-state index contributed by atoms with van der Waals surface area (Å²) < 4.78 is 17.2. The Morgan fingerprint density at radius 2 is 1.68 bits per heavy atom. The van der Waals surface area contributed by atoms with Gasteiger partial charge in [-0.2, -0.15) is 0 Å². The molecule has 28 heavy (non-hydrogen) atoms. The Kier molecular flexibility index (Phi) is 3.82. The molecule has 1 aromatic carbocycles. The van der Waals surface area contributed by atoms with Gasteiger partial charge < -0.3 is 14.2 Å². The lowest BCUT2D eigenvalue weighted by Gasteiger charge is -2.62. The fraction of sp³-hybridized carbons (Fsp3) is 0.545. The lowest BCUT2D eigenvalue weighted by Crippen LogP contribution is -2.65. The molecule has 2 atom stereocenters. The van der Waals surface area contributed by atoms with Gasteiger partial charge in [0.05, 0.1) is 14.2 Å². The van der Waals surface area contributed by atoms with Gasteiger partial charge in [-0.1, -0.05) is 46.2 Å². The smallest absolute Gasteiger partial charge is 0.218 e. The number of Topliss-reactive ketones (excluding diaryl/α,β-unsaturated/α-hetero) is 2. The van der Waals surface area contributed by atoms with E-state index in [4.69, 9.17) is 25.8 Å². The molecule has 0 amide bonds. The fourth-order valence-corrected chi connectivity index (χ4v) is 5.45. The third-order valence-corrected chi connectivity index (χ3v) is 7.67. The summed E-state index contributed by atoms with van der Waals surface area (Å²) in [6.07, 6.45) is 0.259. The van der Waals surface area contributed by atoms with Crippen LogP contribution in [0.3, 0.4) is 0 Å². The normalized spacial score (nSPS) is 29.2. The van der Waals surface area contributed by atoms with Crippen molar-refractivity contribution < 1.29 is 23.8 Å². The zero-order chi connectivity index (χ0) is 20.8. The van der Waals surface area contributed by atoms with E-state index in [0.717, 1.165) is 11.1 Å². The first-order valence-corrected chi connectivity index (χ1v) is 9.81. The maximum absolute atomic E-state index is 13.9. The van der Waals surface area contributed by atoms with Gasteiger partial charge in [0, 0.05) is 29.4 Å². The monoisotopic (exact) mass is 404 g/mol. The minimum atomic E-state index is -1.24. The van der Waals surface area contributed by atoms with Crippen molar-refractivity contribution in [2.75, 3.05) is 14.2 Å². The van der Waals surface area contributed by atoms with Crippen LogP contribution in [0.25, 0.3) is 0 Å². The zero-order valence-electron chi connectivity index (χ0n) is 17.3. The van der Waals surface area contributed by atoms with E-state index >= 15 is 0 Å². The summed E-state index contributed by atoms with van der Waals surface area (Å²) in [5.74, 6) is 0.600. The number of allylic oxidation sites excluding steroid dienone is 1. The van der Waals surface area contributed by atoms with Crippen LogP contribution in [0.5, 0.6) is 17.2 Å². The predicted octanol–water partition coefficient (Wildman–Crippen LogP) is 4.64. The molecule has 1 heterocycles. The number of hydrogen-bond donors (Lipinski definition) is 0. The number of ether oxygens (including phenoxy) is 3. The number of halogens is 1. The highest BCUT2D eigenvalue weighted by Gasteiger charge is 2.71. The summed E-state index contributed by atoms with van der Waals surface area (Å²) in [5, 5.41) is 0.242. The van der Waals surface area contributed by atoms with Gasteiger partial charge in [-0.15, -0.1) is 0 Å². The molecule has 2 aliphatic carbocycles. The molecule has 5 nitrogen and oxygen atoms in total. The molecule has 1 aromatic rings. The van der Waals surface area contributed by atoms with Crippen molar-refractivity contribution in [3.8, 4) is 17.2 Å². The SMILES string of the molecule is COc1cc(OC)c2c(c1Cl)O[C@]1(C2=O)C2=C(C(=O)C[C@H]1C)C(C)(C)C2(C)C. The van der Waals surface area contributed by atoms with E-state index in [1.54, 1.807) is 6.07 Å². The molecular formula is C22H25ClO5. The van der Waals surface area contributed by atoms with Crippen molar-refractivity contribution in [2.24, 2.45) is 16.7 Å². The van der Waals surface area contributed by atoms with Crippen LogP contribution in [0, 0.1) is 16.7 Å². The molecule has 1 aliphatic heterocycles. The van der Waals surface area contributed by atoms with E-state index in [1.165, 1.54) is 14.2 Å². The van der Waals surface area contributed by atoms with Gasteiger partial charge in [0.1, 0.15) is 22.1 Å². The van der Waals surface area contributed by atoms with E-state index in [1.807, 2.05) is 6.92 Å². The number of methoxy groups -OCH3 is 2. The Hall–Kier alpha value is -2.01. The minimum Gasteiger partial charge on any atom is -0.496 e. The number of fused-ring (bicyclic) bond motifs is 2. The second-order valence-electron chi connectivity index (χ2n) is 8.99. The molecule has 1 spiro atoms. The second-order valence-corrected chi connectivity index (χ2v) is 9.37. The van der Waals surface area contributed by atoms with Crippen molar-refractivity contribution >= 4 is 23.2 Å². The number of carbonyl (C=O) groups is 2. The molecule has 6 heteroatoms. The Labute approximate surface area is 170 Å². The van der Waals surface area contributed by atoms with Crippen molar-refractivity contribution in [1.82, 2.24) is 0 Å². The van der Waals surface area contributed by atoms with E-state index in [2.05, 4.69) is 27.7 Å². The number of carbonyl (C=O) groups excluding carboxylic acids is 2. The third-order valence-electron chi connectivity index (χ3n) is 7.32. The Balaban J connectivity index is 2.02. The molecular weight excluding hydrogens is 380 g/mol. The van der Waals surface area contributed by atoms with Crippen molar-refractivity contribution in [3.05, 3.63) is 27.8 Å². The van der Waals surface area contributed by atoms with Crippen molar-refractivity contribution in [3.63, 3.8) is 0 Å². The first-order chi connectivity index (χ1) is 13.0. The van der Waals surface area contributed by atoms with Crippen molar-refractivity contribution in [2.45, 2.75) is 46.6 Å². The standard InChI is InChI=1S/C22H25ClO5/c1-10-8-11(24)15-18(21(4,5)20(15,2)3)22(10)19(25)14-12(26-6)9-13(27-7)16(23)17(14)28-22/h9-10H,8H2,1-7H3/t10-,22+/m1/s1. The van der Waals surface area contributed by atoms with Gasteiger partial charge >= 0.3 is 0 Å². The predicted molar refractivity (Wildman–Crippen MR) is 106 cm³/mol. The fourth-order valence-electron chi connectivity index (χ4n) is 5.19. The number of hydrogen-bond acceptors (Lipinski definition) is 5. The summed E-state index contributed by atoms with van der Waals surface area (Å²) in [6, 6.07) is 1.60. The molecule has 0 saturated carbocycles. The van der Waals surface area contributed by atoms with Crippen LogP contribution < -0.4 is 14.2 Å². The summed E-state index contributed by atoms with van der Waals surface area (Å²) in [7, 11) is 3.00. The van der Waals surface area contributed by atoms with E-state index < -0.39 is 5.60 Å². The zero-order valence-corrected chi connectivity index (χ0v) is 18.0. The van der Waals surface area contributed by atoms with Crippen LogP contribution in [0.2, 0.25) is 5.02 Å². The van der Waals surface area contributed by atoms with Crippen LogP contribution in [0.15, 0.2) is 17.2 Å². The molecule has 0 fully saturated rings. The van der Waals surface area contributed by atoms with Gasteiger partial charge in [0.2, 0.25) is 5.78 Å². The van der Waals surface area contributed by atoms with E-state index in [9.17, 15) is 9.59 Å². The highest BCUT2D eigenvalue weighted by Crippen LogP contribution is 2.69. The number of ketones is 2. The van der Waals surface area contributed by atoms with Gasteiger partial charge in [-0.25, -0.2) is 0 Å². The second kappa shape index (κ2) is 5.53. The summed E-state index contributed by atoms with van der Waals surface area (Å²) in [4.78, 5) is 26.7. The molecule has 4 rings (SSSR count). The molecule has 0 bridgehead atoms. The van der Waals surface area contributed by atoms with Crippen LogP contribution in [-0.2, 0) is 4.79 Å². The topological polar surface area (TPSA) is 61.8 Å². The van der Waals surface area contributed by atoms with Crippen molar-refractivity contribution in [1.29, 1.82) is 0 Å². The van der Waals surface area contributed by atoms with E-state index in [0.29, 0.717) is 17.1 Å². The van der Waals surface area contributed by atoms with Gasteiger partial charge in [-0.05, 0) is 11.0 Å². The summed E-state index contributed by atoms with van der Waals surface area (Å²) >= 11 is 6.52. The first-order valence-electron chi connectivity index (χ1n) is 9.44. The van der Waals surface area contributed by atoms with Crippen LogP contribution in [0.1, 0.15) is 51.4 Å². The van der Waals surface area contributed by atoms with Gasteiger partial charge in [0.25, 0.3) is 0 Å². The maximum atomic E-state index is 13.9. The van der Waals surface area contributed by atoms with Crippen LogP contribution >= 0.6 is 11.6 Å². The van der Waals surface area contributed by atoms with E-state index in [-0.39, 0.29) is 45.5 Å². The molecule has 0 unspecified atom stereocenters. The average molecular weight is 405 g/mol. The molecule has 0 aromatic heterocycles. The Morgan fingerprint density at radius 1 is 1.07 bits per heavy atom. The van der Waals surface area contributed by atoms with Crippen LogP contribution in [-0.4, -0.2) is 31.4 Å². The highest BCUT2D eigenvalue weighted by molar-refractivity contribution is 6.35. The quantitative estimate of drug-likeness (QED) is 0.718. The molecule has 0 saturated heterocycles. The summed E-state index contributed by atoms with van der Waals surface area (Å²) in [5.41, 5.74) is -0.133. The average Bonchev–Trinajstić information content (AvgIpc) is 2.93. The molecule has 3 aliphatic rings. The molecule has 150 valence electrons. The summed E-state index contributed by atoms with van der Waals surface area (Å²) in [6.45, 7) is 10.1. The number of benzene rings is 1. The Bertz CT molecular complexity index is 972. The third kappa shape index (κ3) is 1.89. The largest absolute Gasteiger partial charge is 0.496 e. The molecule has 0 N–H and O–H groups in total.